The minimum atomic E-state index is 0.569. The molecule has 0 bridgehead atoms. The number of rotatable bonds is 5. The Balaban J connectivity index is 3.05. The predicted molar refractivity (Wildman–Crippen MR) is 77.4 cm³/mol. The quantitative estimate of drug-likeness (QED) is 0.607. The zero-order chi connectivity index (χ0) is 12.8. The van der Waals surface area contributed by atoms with Gasteiger partial charge in [-0.1, -0.05) is 45.9 Å². The van der Waals surface area contributed by atoms with Gasteiger partial charge in [-0.3, -0.25) is 4.99 Å². The first kappa shape index (κ1) is 14.0. The molecule has 1 heteroatoms. The third-order valence-electron chi connectivity index (χ3n) is 3.70. The van der Waals surface area contributed by atoms with E-state index < -0.39 is 0 Å². The molecule has 0 aliphatic rings. The second kappa shape index (κ2) is 6.58. The first-order chi connectivity index (χ1) is 8.10. The molecule has 0 N–H and O–H groups in total. The Hall–Kier alpha value is -1.11. The lowest BCUT2D eigenvalue weighted by molar-refractivity contribution is 0.727. The van der Waals surface area contributed by atoms with Crippen LogP contribution in [0.2, 0.25) is 0 Å². The van der Waals surface area contributed by atoms with E-state index in [0.29, 0.717) is 11.8 Å². The third-order valence-corrected chi connectivity index (χ3v) is 3.70. The highest BCUT2D eigenvalue weighted by Gasteiger charge is 2.09. The summed E-state index contributed by atoms with van der Waals surface area (Å²) in [5.74, 6) is 1.15. The first-order valence-electron chi connectivity index (χ1n) is 6.74. The summed E-state index contributed by atoms with van der Waals surface area (Å²) in [4.78, 5) is 4.82. The van der Waals surface area contributed by atoms with Crippen LogP contribution in [0.15, 0.2) is 29.3 Å². The predicted octanol–water partition coefficient (Wildman–Crippen LogP) is 5.34. The summed E-state index contributed by atoms with van der Waals surface area (Å²) in [7, 11) is 0. The Labute approximate surface area is 106 Å². The molecular formula is C16H25N. The van der Waals surface area contributed by atoms with Gasteiger partial charge in [0.15, 0.2) is 0 Å². The zero-order valence-electron chi connectivity index (χ0n) is 11.8. The average Bonchev–Trinajstić information content (AvgIpc) is 2.37. The van der Waals surface area contributed by atoms with Crippen LogP contribution in [0, 0.1) is 5.92 Å². The SMILES string of the molecule is CC[C@@H](C)C(C)=Nc1ccccc1[C@H](C)CC. The second-order valence-corrected chi connectivity index (χ2v) is 4.93. The average molecular weight is 231 g/mol. The van der Waals surface area contributed by atoms with Crippen molar-refractivity contribution in [1.29, 1.82) is 0 Å². The van der Waals surface area contributed by atoms with Gasteiger partial charge in [-0.2, -0.15) is 0 Å². The van der Waals surface area contributed by atoms with Gasteiger partial charge < -0.3 is 0 Å². The summed E-state index contributed by atoms with van der Waals surface area (Å²) in [6, 6.07) is 8.53. The molecule has 17 heavy (non-hydrogen) atoms. The maximum atomic E-state index is 4.82. The number of nitrogens with zero attached hydrogens (tertiary/aromatic N) is 1. The second-order valence-electron chi connectivity index (χ2n) is 4.93. The van der Waals surface area contributed by atoms with Crippen LogP contribution in [-0.4, -0.2) is 5.71 Å². The Kier molecular flexibility index (Phi) is 5.40. The molecule has 1 aromatic rings. The van der Waals surface area contributed by atoms with E-state index in [0.717, 1.165) is 18.5 Å². The number of hydrogen-bond acceptors (Lipinski definition) is 1. The highest BCUT2D eigenvalue weighted by molar-refractivity contribution is 5.86. The van der Waals surface area contributed by atoms with Gasteiger partial charge >= 0.3 is 0 Å². The summed E-state index contributed by atoms with van der Waals surface area (Å²) in [5, 5.41) is 0. The number of aliphatic imine (C=N–C) groups is 1. The molecule has 0 saturated heterocycles. The Morgan fingerprint density at radius 1 is 1.12 bits per heavy atom. The van der Waals surface area contributed by atoms with E-state index in [1.807, 2.05) is 0 Å². The van der Waals surface area contributed by atoms with Crippen molar-refractivity contribution in [2.75, 3.05) is 0 Å². The van der Waals surface area contributed by atoms with Crippen molar-refractivity contribution in [3.8, 4) is 0 Å². The van der Waals surface area contributed by atoms with E-state index in [1.54, 1.807) is 0 Å². The van der Waals surface area contributed by atoms with Crippen molar-refractivity contribution >= 4 is 11.4 Å². The van der Waals surface area contributed by atoms with Crippen LogP contribution in [0.4, 0.5) is 5.69 Å². The number of hydrogen-bond donors (Lipinski definition) is 0. The van der Waals surface area contributed by atoms with Gasteiger partial charge in [0.2, 0.25) is 0 Å². The third kappa shape index (κ3) is 3.69. The molecule has 0 saturated carbocycles. The summed E-state index contributed by atoms with van der Waals surface area (Å²) in [5.41, 5.74) is 3.76. The van der Waals surface area contributed by atoms with Crippen molar-refractivity contribution < 1.29 is 0 Å². The van der Waals surface area contributed by atoms with Gasteiger partial charge in [0, 0.05) is 5.71 Å². The lowest BCUT2D eigenvalue weighted by Gasteiger charge is -2.14. The minimum Gasteiger partial charge on any atom is -0.258 e. The van der Waals surface area contributed by atoms with Crippen LogP contribution in [-0.2, 0) is 0 Å². The maximum absolute atomic E-state index is 4.82. The summed E-state index contributed by atoms with van der Waals surface area (Å²) in [6.45, 7) is 11.1. The van der Waals surface area contributed by atoms with Crippen LogP contribution >= 0.6 is 0 Å². The molecule has 0 radical (unpaired) electrons. The molecule has 0 spiro atoms. The van der Waals surface area contributed by atoms with Crippen LogP contribution in [0.5, 0.6) is 0 Å². The molecule has 0 fully saturated rings. The van der Waals surface area contributed by atoms with E-state index in [1.165, 1.54) is 11.3 Å². The monoisotopic (exact) mass is 231 g/mol. The maximum Gasteiger partial charge on any atom is 0.0663 e. The van der Waals surface area contributed by atoms with E-state index >= 15 is 0 Å². The molecule has 1 nitrogen and oxygen atoms in total. The minimum absolute atomic E-state index is 0.569. The van der Waals surface area contributed by atoms with Crippen molar-refractivity contribution in [2.24, 2.45) is 10.9 Å². The highest BCUT2D eigenvalue weighted by Crippen LogP contribution is 2.29. The Bertz CT molecular complexity index is 379. The van der Waals surface area contributed by atoms with E-state index in [-0.39, 0.29) is 0 Å². The molecule has 1 aromatic carbocycles. The van der Waals surface area contributed by atoms with E-state index in [4.69, 9.17) is 4.99 Å². The van der Waals surface area contributed by atoms with Gasteiger partial charge in [-0.05, 0) is 43.2 Å². The van der Waals surface area contributed by atoms with Crippen molar-refractivity contribution in [1.82, 2.24) is 0 Å². The van der Waals surface area contributed by atoms with E-state index in [2.05, 4.69) is 58.9 Å². The van der Waals surface area contributed by atoms with Gasteiger partial charge in [0.25, 0.3) is 0 Å². The van der Waals surface area contributed by atoms with Crippen LogP contribution in [0.25, 0.3) is 0 Å². The molecule has 0 aliphatic heterocycles. The molecular weight excluding hydrogens is 206 g/mol. The highest BCUT2D eigenvalue weighted by atomic mass is 14.8. The van der Waals surface area contributed by atoms with Crippen LogP contribution in [0.1, 0.15) is 58.9 Å². The van der Waals surface area contributed by atoms with Crippen molar-refractivity contribution in [2.45, 2.75) is 53.4 Å². The normalized spacial score (nSPS) is 15.7. The zero-order valence-corrected chi connectivity index (χ0v) is 11.8. The lowest BCUT2D eigenvalue weighted by atomic mass is 9.96. The smallest absolute Gasteiger partial charge is 0.0663 e. The number of benzene rings is 1. The molecule has 0 aliphatic carbocycles. The van der Waals surface area contributed by atoms with Crippen molar-refractivity contribution in [3.63, 3.8) is 0 Å². The molecule has 0 aromatic heterocycles. The molecule has 0 unspecified atom stereocenters. The lowest BCUT2D eigenvalue weighted by Crippen LogP contribution is -2.05. The van der Waals surface area contributed by atoms with Gasteiger partial charge in [-0.25, -0.2) is 0 Å². The Morgan fingerprint density at radius 2 is 1.76 bits per heavy atom. The molecule has 1 rings (SSSR count). The summed E-state index contributed by atoms with van der Waals surface area (Å²) < 4.78 is 0. The fourth-order valence-corrected chi connectivity index (χ4v) is 1.82. The first-order valence-corrected chi connectivity index (χ1v) is 6.74. The van der Waals surface area contributed by atoms with Crippen LogP contribution < -0.4 is 0 Å². The fourth-order valence-electron chi connectivity index (χ4n) is 1.82. The molecule has 2 atom stereocenters. The van der Waals surface area contributed by atoms with Gasteiger partial charge in [-0.15, -0.1) is 0 Å². The Morgan fingerprint density at radius 3 is 2.35 bits per heavy atom. The van der Waals surface area contributed by atoms with Crippen LogP contribution in [0.3, 0.4) is 0 Å². The standard InChI is InChI=1S/C16H25N/c1-6-12(3)14(5)17-16-11-9-8-10-15(16)13(4)7-2/h8-13H,6-7H2,1-5H3/t12-,13-/m1/s1. The molecule has 94 valence electrons. The van der Waals surface area contributed by atoms with Gasteiger partial charge in [0.1, 0.15) is 0 Å². The topological polar surface area (TPSA) is 12.4 Å². The fraction of sp³-hybridized carbons (Fsp3) is 0.562. The van der Waals surface area contributed by atoms with Gasteiger partial charge in [0.05, 0.1) is 5.69 Å². The summed E-state index contributed by atoms with van der Waals surface area (Å²) >= 11 is 0. The number of para-hydroxylation sites is 1. The molecule has 0 amide bonds. The van der Waals surface area contributed by atoms with E-state index in [9.17, 15) is 0 Å². The summed E-state index contributed by atoms with van der Waals surface area (Å²) in [6.07, 6.45) is 2.32. The molecule has 0 heterocycles. The largest absolute Gasteiger partial charge is 0.258 e. The van der Waals surface area contributed by atoms with Crippen molar-refractivity contribution in [3.05, 3.63) is 29.8 Å².